The molecule has 3 rings (SSSR count). The van der Waals surface area contributed by atoms with Gasteiger partial charge in [0.1, 0.15) is 12.1 Å². The lowest BCUT2D eigenvalue weighted by Gasteiger charge is -2.31. The minimum atomic E-state index is -0.207. The van der Waals surface area contributed by atoms with Crippen LogP contribution in [-0.4, -0.2) is 39.3 Å². The van der Waals surface area contributed by atoms with E-state index in [0.717, 1.165) is 67.1 Å². The number of anilines is 1. The smallest absolute Gasteiger partial charge is 0.148 e. The topological polar surface area (TPSA) is 62.1 Å². The third-order valence-electron chi connectivity index (χ3n) is 4.52. The fourth-order valence-corrected chi connectivity index (χ4v) is 2.97. The van der Waals surface area contributed by atoms with Gasteiger partial charge in [0.25, 0.3) is 0 Å². The Morgan fingerprint density at radius 3 is 2.52 bits per heavy atom. The van der Waals surface area contributed by atoms with Crippen LogP contribution in [0.2, 0.25) is 0 Å². The number of rotatable bonds is 3. The van der Waals surface area contributed by atoms with Crippen molar-refractivity contribution in [1.29, 1.82) is 0 Å². The van der Waals surface area contributed by atoms with Crippen LogP contribution in [0.25, 0.3) is 0 Å². The van der Waals surface area contributed by atoms with Crippen LogP contribution < -0.4 is 4.90 Å². The highest BCUT2D eigenvalue weighted by Gasteiger charge is 2.21. The molecule has 0 saturated carbocycles. The average Bonchev–Trinajstić information content (AvgIpc) is 2.67. The molecule has 1 saturated heterocycles. The molecule has 0 radical (unpaired) electrons. The number of aliphatic hydroxyl groups excluding tert-OH is 1. The van der Waals surface area contributed by atoms with E-state index >= 15 is 0 Å². The number of aromatic nitrogens is 3. The van der Waals surface area contributed by atoms with Gasteiger partial charge in [-0.2, -0.15) is 0 Å². The van der Waals surface area contributed by atoms with Gasteiger partial charge in [-0.15, -0.1) is 0 Å². The van der Waals surface area contributed by atoms with Gasteiger partial charge in [0, 0.05) is 30.5 Å². The first kappa shape index (κ1) is 17.4. The highest BCUT2D eigenvalue weighted by molar-refractivity contribution is 5.59. The molecule has 0 spiro atoms. The lowest BCUT2D eigenvalue weighted by atomic mass is 10.1. The van der Waals surface area contributed by atoms with Crippen LogP contribution in [-0.2, 0) is 12.8 Å². The summed E-state index contributed by atoms with van der Waals surface area (Å²) in [5.41, 5.74) is 3.81. The van der Waals surface area contributed by atoms with Crippen molar-refractivity contribution in [2.24, 2.45) is 0 Å². The van der Waals surface area contributed by atoms with Crippen molar-refractivity contribution in [3.05, 3.63) is 47.2 Å². The summed E-state index contributed by atoms with van der Waals surface area (Å²) < 4.78 is 0. The van der Waals surface area contributed by atoms with E-state index in [-0.39, 0.29) is 6.10 Å². The molecular formula is C20H24N4O. The fourth-order valence-electron chi connectivity index (χ4n) is 2.97. The van der Waals surface area contributed by atoms with Crippen molar-refractivity contribution in [3.63, 3.8) is 0 Å². The predicted molar refractivity (Wildman–Crippen MR) is 98.5 cm³/mol. The van der Waals surface area contributed by atoms with E-state index in [0.29, 0.717) is 0 Å². The van der Waals surface area contributed by atoms with E-state index in [1.807, 2.05) is 18.3 Å². The number of nitrogens with zero attached hydrogens (tertiary/aromatic N) is 4. The highest BCUT2D eigenvalue weighted by atomic mass is 16.3. The molecule has 130 valence electrons. The van der Waals surface area contributed by atoms with Crippen LogP contribution in [0, 0.1) is 11.8 Å². The van der Waals surface area contributed by atoms with E-state index in [9.17, 15) is 5.11 Å². The second kappa shape index (κ2) is 8.09. The SMILES string of the molecule is CCc1ccc(C#Cc2c(CC)ncnc2N2CCC(O)CC2)cn1. The molecule has 1 aliphatic rings. The van der Waals surface area contributed by atoms with Crippen molar-refractivity contribution in [2.45, 2.75) is 45.6 Å². The van der Waals surface area contributed by atoms with Gasteiger partial charge in [-0.3, -0.25) is 4.98 Å². The molecule has 3 heterocycles. The van der Waals surface area contributed by atoms with Crippen LogP contribution in [0.5, 0.6) is 0 Å². The Labute approximate surface area is 149 Å². The second-order valence-electron chi connectivity index (χ2n) is 6.23. The van der Waals surface area contributed by atoms with Gasteiger partial charge in [0.05, 0.1) is 17.4 Å². The molecule has 0 atom stereocenters. The standard InChI is InChI=1S/C20H24N4O/c1-3-16-7-5-15(13-21-16)6-8-18-19(4-2)22-14-23-20(18)24-11-9-17(25)10-12-24/h5,7,13-14,17,25H,3-4,9-12H2,1-2H3. The van der Waals surface area contributed by atoms with Gasteiger partial charge in [-0.05, 0) is 37.8 Å². The predicted octanol–water partition coefficient (Wildman–Crippen LogP) is 2.36. The first-order valence-corrected chi connectivity index (χ1v) is 8.95. The maximum absolute atomic E-state index is 9.74. The second-order valence-corrected chi connectivity index (χ2v) is 6.23. The van der Waals surface area contributed by atoms with Gasteiger partial charge in [-0.25, -0.2) is 9.97 Å². The third-order valence-corrected chi connectivity index (χ3v) is 4.52. The molecule has 0 aromatic carbocycles. The van der Waals surface area contributed by atoms with E-state index in [4.69, 9.17) is 0 Å². The molecule has 2 aromatic rings. The minimum absolute atomic E-state index is 0.207. The van der Waals surface area contributed by atoms with Gasteiger partial charge < -0.3 is 10.0 Å². The Morgan fingerprint density at radius 1 is 1.08 bits per heavy atom. The van der Waals surface area contributed by atoms with Gasteiger partial charge in [-0.1, -0.05) is 25.7 Å². The number of hydrogen-bond acceptors (Lipinski definition) is 5. The Kier molecular flexibility index (Phi) is 5.62. The molecule has 5 nitrogen and oxygen atoms in total. The summed E-state index contributed by atoms with van der Waals surface area (Å²) in [7, 11) is 0. The zero-order valence-corrected chi connectivity index (χ0v) is 14.9. The van der Waals surface area contributed by atoms with E-state index in [1.165, 1.54) is 0 Å². The van der Waals surface area contributed by atoms with Gasteiger partial charge in [0.15, 0.2) is 0 Å². The summed E-state index contributed by atoms with van der Waals surface area (Å²) in [5.74, 6) is 7.36. The molecule has 1 fully saturated rings. The maximum Gasteiger partial charge on any atom is 0.148 e. The monoisotopic (exact) mass is 336 g/mol. The molecule has 2 aromatic heterocycles. The fraction of sp³-hybridized carbons (Fsp3) is 0.450. The summed E-state index contributed by atoms with van der Waals surface area (Å²) in [6, 6.07) is 4.02. The third kappa shape index (κ3) is 4.15. The summed E-state index contributed by atoms with van der Waals surface area (Å²) >= 11 is 0. The molecule has 0 unspecified atom stereocenters. The largest absolute Gasteiger partial charge is 0.393 e. The summed E-state index contributed by atoms with van der Waals surface area (Å²) in [6.07, 6.45) is 6.48. The molecule has 5 heteroatoms. The van der Waals surface area contributed by atoms with Crippen LogP contribution in [0.4, 0.5) is 5.82 Å². The van der Waals surface area contributed by atoms with Crippen LogP contribution in [0.3, 0.4) is 0 Å². The van der Waals surface area contributed by atoms with Gasteiger partial charge in [0.2, 0.25) is 0 Å². The molecule has 0 bridgehead atoms. The van der Waals surface area contributed by atoms with Crippen LogP contribution in [0.1, 0.15) is 49.2 Å². The Balaban J connectivity index is 1.92. The number of aryl methyl sites for hydroxylation is 2. The van der Waals surface area contributed by atoms with Crippen molar-refractivity contribution in [1.82, 2.24) is 15.0 Å². The molecule has 1 N–H and O–H groups in total. The van der Waals surface area contributed by atoms with E-state index < -0.39 is 0 Å². The molecule has 1 aliphatic heterocycles. The first-order chi connectivity index (χ1) is 12.2. The zero-order chi connectivity index (χ0) is 17.6. The van der Waals surface area contributed by atoms with Crippen molar-refractivity contribution in [3.8, 4) is 11.8 Å². The first-order valence-electron chi connectivity index (χ1n) is 8.95. The lowest BCUT2D eigenvalue weighted by Crippen LogP contribution is -2.37. The summed E-state index contributed by atoms with van der Waals surface area (Å²) in [5, 5.41) is 9.74. The Bertz CT molecular complexity index is 769. The van der Waals surface area contributed by atoms with Crippen LogP contribution >= 0.6 is 0 Å². The average molecular weight is 336 g/mol. The molecule has 0 amide bonds. The number of piperidine rings is 1. The Hall–Kier alpha value is -2.45. The lowest BCUT2D eigenvalue weighted by molar-refractivity contribution is 0.145. The zero-order valence-electron chi connectivity index (χ0n) is 14.9. The summed E-state index contributed by atoms with van der Waals surface area (Å²) in [4.78, 5) is 15.5. The van der Waals surface area contributed by atoms with Gasteiger partial charge >= 0.3 is 0 Å². The van der Waals surface area contributed by atoms with Crippen molar-refractivity contribution < 1.29 is 5.11 Å². The number of pyridine rings is 1. The molecule has 0 aliphatic carbocycles. The van der Waals surface area contributed by atoms with Crippen molar-refractivity contribution in [2.75, 3.05) is 18.0 Å². The minimum Gasteiger partial charge on any atom is -0.393 e. The molecular weight excluding hydrogens is 312 g/mol. The summed E-state index contributed by atoms with van der Waals surface area (Å²) in [6.45, 7) is 5.75. The van der Waals surface area contributed by atoms with Crippen LogP contribution in [0.15, 0.2) is 24.7 Å². The van der Waals surface area contributed by atoms with Crippen molar-refractivity contribution >= 4 is 5.82 Å². The Morgan fingerprint density at radius 2 is 1.88 bits per heavy atom. The molecule has 25 heavy (non-hydrogen) atoms. The number of hydrogen-bond donors (Lipinski definition) is 1. The van der Waals surface area contributed by atoms with E-state index in [2.05, 4.69) is 45.5 Å². The van der Waals surface area contributed by atoms with E-state index in [1.54, 1.807) is 6.33 Å². The normalized spacial score (nSPS) is 14.9. The highest BCUT2D eigenvalue weighted by Crippen LogP contribution is 2.23. The quantitative estimate of drug-likeness (QED) is 0.872. The number of aliphatic hydroxyl groups is 1. The maximum atomic E-state index is 9.74.